The first kappa shape index (κ1) is 21.7. The van der Waals surface area contributed by atoms with Gasteiger partial charge in [-0.15, -0.1) is 10.2 Å². The number of nitrogens with one attached hydrogen (secondary N) is 1. The van der Waals surface area contributed by atoms with Gasteiger partial charge in [0.15, 0.2) is 0 Å². The zero-order valence-electron chi connectivity index (χ0n) is 16.4. The average Bonchev–Trinajstić information content (AvgIpc) is 3.12. The van der Waals surface area contributed by atoms with Crippen LogP contribution < -0.4 is 4.72 Å². The zero-order chi connectivity index (χ0) is 21.4. The van der Waals surface area contributed by atoms with E-state index in [1.54, 1.807) is 0 Å². The highest BCUT2D eigenvalue weighted by Gasteiger charge is 2.31. The molecule has 1 aromatic carbocycles. The molecule has 1 fully saturated rings. The maximum Gasteiger partial charge on any atom is 0.289 e. The minimum absolute atomic E-state index is 0.0935. The molecule has 0 bridgehead atoms. The smallest absolute Gasteiger partial charge is 0.289 e. The van der Waals surface area contributed by atoms with Crippen molar-refractivity contribution in [1.29, 1.82) is 0 Å². The molecule has 0 amide bonds. The van der Waals surface area contributed by atoms with E-state index in [0.717, 1.165) is 6.07 Å². The first-order valence-corrected chi connectivity index (χ1v) is 11.1. The summed E-state index contributed by atoms with van der Waals surface area (Å²) in [6.07, 6.45) is 2.62. The summed E-state index contributed by atoms with van der Waals surface area (Å²) in [5.74, 6) is 1.26. The lowest BCUT2D eigenvalue weighted by Gasteiger charge is -2.27. The van der Waals surface area contributed by atoms with Crippen molar-refractivity contribution >= 4 is 27.3 Å². The van der Waals surface area contributed by atoms with E-state index in [4.69, 9.17) is 16.0 Å². The van der Waals surface area contributed by atoms with E-state index in [2.05, 4.69) is 14.9 Å². The van der Waals surface area contributed by atoms with Gasteiger partial charge < -0.3 is 4.42 Å². The summed E-state index contributed by atoms with van der Waals surface area (Å²) in [7, 11) is -3.89. The van der Waals surface area contributed by atoms with Crippen LogP contribution in [0.15, 0.2) is 27.5 Å². The highest BCUT2D eigenvalue weighted by atomic mass is 35.5. The van der Waals surface area contributed by atoms with Gasteiger partial charge in [-0.05, 0) is 37.8 Å². The molecular formula is C18H23ClN4O5S. The maximum absolute atomic E-state index is 12.6. The zero-order valence-corrected chi connectivity index (χ0v) is 18.0. The summed E-state index contributed by atoms with van der Waals surface area (Å²) in [5, 5.41) is 19.2. The van der Waals surface area contributed by atoms with Crippen molar-refractivity contribution in [3.63, 3.8) is 0 Å². The van der Waals surface area contributed by atoms with E-state index < -0.39 is 20.6 Å². The van der Waals surface area contributed by atoms with Crippen LogP contribution in [0.3, 0.4) is 0 Å². The molecule has 0 aliphatic heterocycles. The molecule has 11 heteroatoms. The van der Waals surface area contributed by atoms with Gasteiger partial charge >= 0.3 is 0 Å². The van der Waals surface area contributed by atoms with E-state index in [9.17, 15) is 18.5 Å². The number of benzene rings is 1. The summed E-state index contributed by atoms with van der Waals surface area (Å²) in [5.41, 5.74) is -0.663. The van der Waals surface area contributed by atoms with E-state index in [1.165, 1.54) is 12.1 Å². The predicted octanol–water partition coefficient (Wildman–Crippen LogP) is 3.93. The van der Waals surface area contributed by atoms with Gasteiger partial charge in [0.1, 0.15) is 5.02 Å². The average molecular weight is 443 g/mol. The normalized spacial score (nSPS) is 20.6. The molecule has 1 N–H and O–H groups in total. The lowest BCUT2D eigenvalue weighted by Crippen LogP contribution is -2.37. The highest BCUT2D eigenvalue weighted by molar-refractivity contribution is 7.89. The topological polar surface area (TPSA) is 128 Å². The van der Waals surface area contributed by atoms with Gasteiger partial charge in [-0.1, -0.05) is 32.4 Å². The van der Waals surface area contributed by atoms with Crippen LogP contribution in [-0.2, 0) is 15.4 Å². The Bertz CT molecular complexity index is 1010. The van der Waals surface area contributed by atoms with Crippen LogP contribution >= 0.6 is 11.6 Å². The van der Waals surface area contributed by atoms with Gasteiger partial charge in [-0.25, -0.2) is 13.1 Å². The second kappa shape index (κ2) is 8.00. The van der Waals surface area contributed by atoms with Crippen molar-refractivity contribution in [3.8, 4) is 0 Å². The number of aromatic nitrogens is 2. The van der Waals surface area contributed by atoms with E-state index in [1.807, 2.05) is 20.8 Å². The second-order valence-corrected chi connectivity index (χ2v) is 10.4. The lowest BCUT2D eigenvalue weighted by atomic mass is 9.86. The van der Waals surface area contributed by atoms with Crippen LogP contribution in [0.25, 0.3) is 0 Å². The third-order valence-corrected chi connectivity index (χ3v) is 6.74. The monoisotopic (exact) mass is 442 g/mol. The summed E-state index contributed by atoms with van der Waals surface area (Å²) in [6.45, 7) is 5.99. The Morgan fingerprint density at radius 2 is 1.86 bits per heavy atom. The van der Waals surface area contributed by atoms with Crippen molar-refractivity contribution < 1.29 is 17.8 Å². The van der Waals surface area contributed by atoms with Crippen LogP contribution in [0.5, 0.6) is 0 Å². The number of hydrogen-bond acceptors (Lipinski definition) is 7. The maximum atomic E-state index is 12.6. The molecule has 1 aliphatic rings. The molecule has 158 valence electrons. The quantitative estimate of drug-likeness (QED) is 0.548. The van der Waals surface area contributed by atoms with Crippen LogP contribution in [0.4, 0.5) is 5.69 Å². The SMILES string of the molecule is CC(C)(C)c1nnc([C@H]2CC[C@H](NS(=O)(=O)c3ccc(Cl)c([N+](=O)[O-])c3)CC2)o1. The molecule has 0 atom stereocenters. The first-order chi connectivity index (χ1) is 13.5. The fraction of sp³-hybridized carbons (Fsp3) is 0.556. The fourth-order valence-corrected chi connectivity index (χ4v) is 4.76. The van der Waals surface area contributed by atoms with E-state index >= 15 is 0 Å². The van der Waals surface area contributed by atoms with Gasteiger partial charge in [-0.2, -0.15) is 0 Å². The summed E-state index contributed by atoms with van der Waals surface area (Å²) >= 11 is 5.76. The number of hydrogen-bond donors (Lipinski definition) is 1. The molecule has 0 radical (unpaired) electrons. The highest BCUT2D eigenvalue weighted by Crippen LogP contribution is 2.34. The lowest BCUT2D eigenvalue weighted by molar-refractivity contribution is -0.384. The molecule has 0 spiro atoms. The molecule has 29 heavy (non-hydrogen) atoms. The molecule has 0 unspecified atom stereocenters. The van der Waals surface area contributed by atoms with Crippen molar-refractivity contribution in [2.45, 2.75) is 68.7 Å². The molecule has 1 saturated carbocycles. The molecule has 0 saturated heterocycles. The predicted molar refractivity (Wildman–Crippen MR) is 106 cm³/mol. The van der Waals surface area contributed by atoms with Gasteiger partial charge in [0, 0.05) is 23.4 Å². The van der Waals surface area contributed by atoms with E-state index in [-0.39, 0.29) is 27.3 Å². The molecule has 1 aromatic heterocycles. The summed E-state index contributed by atoms with van der Waals surface area (Å²) in [6, 6.07) is 3.18. The van der Waals surface area contributed by atoms with Crippen LogP contribution in [0.1, 0.15) is 64.2 Å². The Morgan fingerprint density at radius 1 is 1.21 bits per heavy atom. The van der Waals surface area contributed by atoms with Crippen LogP contribution in [0, 0.1) is 10.1 Å². The Balaban J connectivity index is 1.65. The standard InChI is InChI=1S/C18H23ClN4O5S/c1-18(2,3)17-21-20-16(28-17)11-4-6-12(7-5-11)22-29(26,27)13-8-9-14(19)15(10-13)23(24)25/h8-12,22H,4-7H2,1-3H3/t11-,12-. The molecule has 1 heterocycles. The Labute approximate surface area is 174 Å². The van der Waals surface area contributed by atoms with Crippen LogP contribution in [0.2, 0.25) is 5.02 Å². The van der Waals surface area contributed by atoms with Gasteiger partial charge in [0.05, 0.1) is 9.82 Å². The van der Waals surface area contributed by atoms with Gasteiger partial charge in [0.2, 0.25) is 21.8 Å². The molecular weight excluding hydrogens is 420 g/mol. The minimum atomic E-state index is -3.89. The van der Waals surface area contributed by atoms with Crippen molar-refractivity contribution in [2.24, 2.45) is 0 Å². The minimum Gasteiger partial charge on any atom is -0.424 e. The van der Waals surface area contributed by atoms with Crippen molar-refractivity contribution in [2.75, 3.05) is 0 Å². The summed E-state index contributed by atoms with van der Waals surface area (Å²) in [4.78, 5) is 10.1. The molecule has 3 rings (SSSR count). The number of nitro groups is 1. The molecule has 2 aromatic rings. The fourth-order valence-electron chi connectivity index (χ4n) is 3.25. The number of sulfonamides is 1. The Morgan fingerprint density at radius 3 is 2.41 bits per heavy atom. The molecule has 9 nitrogen and oxygen atoms in total. The van der Waals surface area contributed by atoms with Crippen molar-refractivity contribution in [1.82, 2.24) is 14.9 Å². The van der Waals surface area contributed by atoms with Crippen molar-refractivity contribution in [3.05, 3.63) is 45.1 Å². The second-order valence-electron chi connectivity index (χ2n) is 8.24. The number of nitro benzene ring substituents is 1. The summed E-state index contributed by atoms with van der Waals surface area (Å²) < 4.78 is 33.7. The third kappa shape index (κ3) is 4.93. The van der Waals surface area contributed by atoms with Gasteiger partial charge in [-0.3, -0.25) is 10.1 Å². The van der Waals surface area contributed by atoms with Gasteiger partial charge in [0.25, 0.3) is 5.69 Å². The number of halogens is 1. The Kier molecular flexibility index (Phi) is 5.98. The van der Waals surface area contributed by atoms with E-state index in [0.29, 0.717) is 37.5 Å². The third-order valence-electron chi connectivity index (χ3n) is 4.91. The Hall–Kier alpha value is -2.04. The number of nitrogens with zero attached hydrogens (tertiary/aromatic N) is 3. The van der Waals surface area contributed by atoms with Crippen LogP contribution in [-0.4, -0.2) is 29.6 Å². The first-order valence-electron chi connectivity index (χ1n) is 9.27. The largest absolute Gasteiger partial charge is 0.424 e. The molecule has 1 aliphatic carbocycles. The number of rotatable bonds is 5.